The van der Waals surface area contributed by atoms with E-state index in [9.17, 15) is 0 Å². The molecule has 0 fully saturated rings. The fourth-order valence-electron chi connectivity index (χ4n) is 1.69. The average molecular weight is 358 g/mol. The van der Waals surface area contributed by atoms with Crippen LogP contribution in [-0.2, 0) is 0 Å². The minimum Gasteiger partial charge on any atom is -0.397 e. The zero-order valence-corrected chi connectivity index (χ0v) is 12.5. The monoisotopic (exact) mass is 356 g/mol. The van der Waals surface area contributed by atoms with Gasteiger partial charge in [-0.2, -0.15) is 4.80 Å². The quantitative estimate of drug-likeness (QED) is 0.668. The SMILES string of the molecule is Nc1c(Cl)cc2nn(-c3ccc(Cl)cc3)nc2c1Br. The molecule has 1 aromatic heterocycles. The predicted octanol–water partition coefficient (Wildman–Crippen LogP) is 4.07. The molecule has 0 amide bonds. The third-order valence-corrected chi connectivity index (χ3v) is 4.03. The number of anilines is 1. The standard InChI is InChI=1S/C12H7BrCl2N4/c13-10-11(16)8(15)5-9-12(10)18-19(17-9)7-3-1-6(14)2-4-7/h1-5H,16H2. The summed E-state index contributed by atoms with van der Waals surface area (Å²) in [6.45, 7) is 0. The summed E-state index contributed by atoms with van der Waals surface area (Å²) in [4.78, 5) is 1.52. The van der Waals surface area contributed by atoms with Crippen LogP contribution in [0, 0.1) is 0 Å². The molecule has 0 aliphatic carbocycles. The molecular formula is C12H7BrCl2N4. The first-order valence-electron chi connectivity index (χ1n) is 5.33. The van der Waals surface area contributed by atoms with Crippen LogP contribution in [0.15, 0.2) is 34.8 Å². The highest BCUT2D eigenvalue weighted by Crippen LogP contribution is 2.33. The Hall–Kier alpha value is -1.30. The molecule has 0 spiro atoms. The van der Waals surface area contributed by atoms with Gasteiger partial charge in [0.05, 0.1) is 20.9 Å². The Morgan fingerprint density at radius 2 is 1.79 bits per heavy atom. The number of benzene rings is 2. The topological polar surface area (TPSA) is 56.7 Å². The first kappa shape index (κ1) is 12.7. The largest absolute Gasteiger partial charge is 0.397 e. The lowest BCUT2D eigenvalue weighted by Gasteiger charge is -1.99. The van der Waals surface area contributed by atoms with E-state index < -0.39 is 0 Å². The molecule has 0 saturated heterocycles. The van der Waals surface area contributed by atoms with Gasteiger partial charge in [-0.05, 0) is 46.3 Å². The summed E-state index contributed by atoms with van der Waals surface area (Å²) >= 11 is 15.3. The van der Waals surface area contributed by atoms with Crippen molar-refractivity contribution in [3.05, 3.63) is 44.8 Å². The zero-order valence-electron chi connectivity index (χ0n) is 9.44. The number of hydrogen-bond donors (Lipinski definition) is 1. The average Bonchev–Trinajstić information content (AvgIpc) is 2.81. The maximum atomic E-state index is 6.02. The first-order valence-corrected chi connectivity index (χ1v) is 6.87. The Morgan fingerprint density at radius 1 is 1.11 bits per heavy atom. The van der Waals surface area contributed by atoms with Crippen LogP contribution in [0.1, 0.15) is 0 Å². The van der Waals surface area contributed by atoms with E-state index in [0.717, 1.165) is 5.69 Å². The lowest BCUT2D eigenvalue weighted by molar-refractivity contribution is 0.765. The zero-order chi connectivity index (χ0) is 13.6. The van der Waals surface area contributed by atoms with Crippen LogP contribution >= 0.6 is 39.1 Å². The molecule has 0 radical (unpaired) electrons. The van der Waals surface area contributed by atoms with Crippen LogP contribution in [0.4, 0.5) is 5.69 Å². The van der Waals surface area contributed by atoms with Gasteiger partial charge in [-0.25, -0.2) is 0 Å². The van der Waals surface area contributed by atoms with E-state index in [1.54, 1.807) is 18.2 Å². The number of halogens is 3. The van der Waals surface area contributed by atoms with Gasteiger partial charge in [0.15, 0.2) is 0 Å². The second-order valence-electron chi connectivity index (χ2n) is 3.92. The van der Waals surface area contributed by atoms with E-state index >= 15 is 0 Å². The molecule has 0 unspecified atom stereocenters. The molecule has 2 aromatic carbocycles. The molecule has 2 N–H and O–H groups in total. The molecule has 0 saturated carbocycles. The number of aromatic nitrogens is 3. The van der Waals surface area contributed by atoms with Gasteiger partial charge in [-0.3, -0.25) is 0 Å². The molecule has 3 aromatic rings. The number of hydrogen-bond acceptors (Lipinski definition) is 3. The highest BCUT2D eigenvalue weighted by molar-refractivity contribution is 9.10. The van der Waals surface area contributed by atoms with Crippen LogP contribution in [0.5, 0.6) is 0 Å². The summed E-state index contributed by atoms with van der Waals surface area (Å²) in [5.74, 6) is 0. The van der Waals surface area contributed by atoms with Gasteiger partial charge in [0.1, 0.15) is 11.0 Å². The summed E-state index contributed by atoms with van der Waals surface area (Å²) in [5.41, 5.74) is 8.44. The van der Waals surface area contributed by atoms with E-state index in [0.29, 0.717) is 31.2 Å². The van der Waals surface area contributed by atoms with E-state index in [4.69, 9.17) is 28.9 Å². The van der Waals surface area contributed by atoms with Gasteiger partial charge in [0.25, 0.3) is 0 Å². The van der Waals surface area contributed by atoms with Crippen molar-refractivity contribution in [3.63, 3.8) is 0 Å². The lowest BCUT2D eigenvalue weighted by atomic mass is 10.3. The Kier molecular flexibility index (Phi) is 3.12. The van der Waals surface area contributed by atoms with Gasteiger partial charge in [0, 0.05) is 5.02 Å². The van der Waals surface area contributed by atoms with Gasteiger partial charge >= 0.3 is 0 Å². The van der Waals surface area contributed by atoms with Crippen molar-refractivity contribution in [1.82, 2.24) is 15.0 Å². The van der Waals surface area contributed by atoms with Gasteiger partial charge < -0.3 is 5.73 Å². The second-order valence-corrected chi connectivity index (χ2v) is 5.56. The molecule has 0 atom stereocenters. The smallest absolute Gasteiger partial charge is 0.130 e. The van der Waals surface area contributed by atoms with Gasteiger partial charge in [-0.1, -0.05) is 23.2 Å². The summed E-state index contributed by atoms with van der Waals surface area (Å²) in [7, 11) is 0. The minimum atomic E-state index is 0.447. The van der Waals surface area contributed by atoms with E-state index in [2.05, 4.69) is 26.1 Å². The fourth-order valence-corrected chi connectivity index (χ4v) is 2.63. The summed E-state index contributed by atoms with van der Waals surface area (Å²) in [6.07, 6.45) is 0. The van der Waals surface area contributed by atoms with Crippen LogP contribution in [0.3, 0.4) is 0 Å². The molecule has 4 nitrogen and oxygen atoms in total. The summed E-state index contributed by atoms with van der Waals surface area (Å²) < 4.78 is 0.648. The van der Waals surface area contributed by atoms with Crippen LogP contribution < -0.4 is 5.73 Å². The second kappa shape index (κ2) is 4.67. The fraction of sp³-hybridized carbons (Fsp3) is 0. The Morgan fingerprint density at radius 3 is 2.47 bits per heavy atom. The summed E-state index contributed by atoms with van der Waals surface area (Å²) in [5, 5.41) is 9.87. The van der Waals surface area contributed by atoms with Crippen LogP contribution in [0.25, 0.3) is 16.7 Å². The van der Waals surface area contributed by atoms with Crippen LogP contribution in [0.2, 0.25) is 10.0 Å². The van der Waals surface area contributed by atoms with E-state index in [1.807, 2.05) is 12.1 Å². The van der Waals surface area contributed by atoms with Crippen molar-refractivity contribution in [3.8, 4) is 5.69 Å². The Balaban J connectivity index is 2.22. The van der Waals surface area contributed by atoms with Crippen molar-refractivity contribution in [2.24, 2.45) is 0 Å². The molecule has 0 bridgehead atoms. The molecule has 96 valence electrons. The van der Waals surface area contributed by atoms with Crippen molar-refractivity contribution in [2.45, 2.75) is 0 Å². The van der Waals surface area contributed by atoms with Crippen molar-refractivity contribution in [2.75, 3.05) is 5.73 Å². The molecule has 1 heterocycles. The third-order valence-electron chi connectivity index (χ3n) is 2.66. The first-order chi connectivity index (χ1) is 9.06. The molecule has 0 aliphatic rings. The van der Waals surface area contributed by atoms with Gasteiger partial charge in [0.2, 0.25) is 0 Å². The lowest BCUT2D eigenvalue weighted by Crippen LogP contribution is -1.97. The molecular weight excluding hydrogens is 351 g/mol. The minimum absolute atomic E-state index is 0.447. The maximum Gasteiger partial charge on any atom is 0.130 e. The normalized spacial score (nSPS) is 11.1. The van der Waals surface area contributed by atoms with Crippen molar-refractivity contribution < 1.29 is 0 Å². The molecule has 0 aliphatic heterocycles. The number of nitrogen functional groups attached to an aromatic ring is 1. The van der Waals surface area contributed by atoms with E-state index in [-0.39, 0.29) is 0 Å². The molecule has 3 rings (SSSR count). The summed E-state index contributed by atoms with van der Waals surface area (Å²) in [6, 6.07) is 8.92. The van der Waals surface area contributed by atoms with Crippen LogP contribution in [-0.4, -0.2) is 15.0 Å². The molecule has 7 heteroatoms. The number of nitrogens with two attached hydrogens (primary N) is 1. The van der Waals surface area contributed by atoms with Crippen molar-refractivity contribution in [1.29, 1.82) is 0 Å². The van der Waals surface area contributed by atoms with Crippen molar-refractivity contribution >= 4 is 55.9 Å². The number of rotatable bonds is 1. The third kappa shape index (κ3) is 2.18. The highest BCUT2D eigenvalue weighted by atomic mass is 79.9. The Labute approximate surface area is 127 Å². The van der Waals surface area contributed by atoms with Gasteiger partial charge in [-0.15, -0.1) is 10.2 Å². The number of nitrogens with zero attached hydrogens (tertiary/aromatic N) is 3. The predicted molar refractivity (Wildman–Crippen MR) is 81.0 cm³/mol. The number of fused-ring (bicyclic) bond motifs is 1. The van der Waals surface area contributed by atoms with E-state index in [1.165, 1.54) is 4.80 Å². The molecule has 19 heavy (non-hydrogen) atoms. The highest BCUT2D eigenvalue weighted by Gasteiger charge is 2.13. The Bertz CT molecular complexity index is 767. The maximum absolute atomic E-state index is 6.02.